The van der Waals surface area contributed by atoms with Crippen molar-refractivity contribution in [1.29, 1.82) is 5.26 Å². The summed E-state index contributed by atoms with van der Waals surface area (Å²) in [6, 6.07) is 2.98. The maximum atomic E-state index is 9.38. The van der Waals surface area contributed by atoms with Crippen LogP contribution in [0.15, 0.2) is 11.6 Å². The molecule has 5 atom stereocenters. The Balaban J connectivity index is 1.65. The second-order valence-electron chi connectivity index (χ2n) is 8.03. The lowest BCUT2D eigenvalue weighted by Gasteiger charge is -2.21. The third kappa shape index (κ3) is 4.54. The van der Waals surface area contributed by atoms with Gasteiger partial charge < -0.3 is 0 Å². The maximum Gasteiger partial charge on any atom is 0.143 e. The van der Waals surface area contributed by atoms with E-state index in [0.29, 0.717) is 11.3 Å². The van der Waals surface area contributed by atoms with Gasteiger partial charge in [0.05, 0.1) is 6.07 Å². The van der Waals surface area contributed by atoms with Crippen molar-refractivity contribution in [3.8, 4) is 6.07 Å². The molecule has 0 aromatic heterocycles. The van der Waals surface area contributed by atoms with Gasteiger partial charge in [0, 0.05) is 17.2 Å². The standard InChI is InChI=1S/C20H32N2S/c1-14(2)15-8-4-3-5-10-16-12-18-17(11-7-6-9-15)20(18)22-19(13-21)23-16/h11,14-16,18-20,22H,3-10,12H2,1-2H3. The number of hydrogen-bond donors (Lipinski definition) is 1. The van der Waals surface area contributed by atoms with Crippen LogP contribution in [-0.2, 0) is 0 Å². The minimum Gasteiger partial charge on any atom is -0.286 e. The highest BCUT2D eigenvalue weighted by Crippen LogP contribution is 2.48. The van der Waals surface area contributed by atoms with E-state index in [0.717, 1.165) is 17.8 Å². The number of hydrogen-bond acceptors (Lipinski definition) is 3. The Labute approximate surface area is 146 Å². The normalized spacial score (nSPS) is 38.9. The molecule has 3 aliphatic rings. The molecule has 1 N–H and O–H groups in total. The summed E-state index contributed by atoms with van der Waals surface area (Å²) in [6.07, 6.45) is 14.6. The van der Waals surface area contributed by atoms with Gasteiger partial charge in [0.2, 0.25) is 0 Å². The van der Waals surface area contributed by atoms with E-state index in [-0.39, 0.29) is 5.37 Å². The topological polar surface area (TPSA) is 35.8 Å². The summed E-state index contributed by atoms with van der Waals surface area (Å²) in [7, 11) is 0. The zero-order chi connectivity index (χ0) is 16.2. The van der Waals surface area contributed by atoms with Crippen molar-refractivity contribution in [1.82, 2.24) is 5.32 Å². The van der Waals surface area contributed by atoms with E-state index in [1.54, 1.807) is 5.57 Å². The Bertz CT molecular complexity index is 465. The van der Waals surface area contributed by atoms with Crippen LogP contribution in [0.5, 0.6) is 0 Å². The monoisotopic (exact) mass is 332 g/mol. The average molecular weight is 333 g/mol. The van der Waals surface area contributed by atoms with Gasteiger partial charge in [-0.2, -0.15) is 5.26 Å². The SMILES string of the molecule is CC(C)C1CCCC=C2C3CC(CCCCC1)SC(C#N)NC23. The minimum absolute atomic E-state index is 0.000808. The van der Waals surface area contributed by atoms with Crippen molar-refractivity contribution in [2.75, 3.05) is 0 Å². The lowest BCUT2D eigenvalue weighted by atomic mass is 9.86. The summed E-state index contributed by atoms with van der Waals surface area (Å²) in [6.45, 7) is 4.80. The fourth-order valence-corrected chi connectivity index (χ4v) is 5.80. The summed E-state index contributed by atoms with van der Waals surface area (Å²) < 4.78 is 0. The van der Waals surface area contributed by atoms with Crippen LogP contribution >= 0.6 is 11.8 Å². The molecule has 5 unspecified atom stereocenters. The Hall–Kier alpha value is -0.460. The highest BCUT2D eigenvalue weighted by atomic mass is 32.2. The smallest absolute Gasteiger partial charge is 0.143 e. The summed E-state index contributed by atoms with van der Waals surface area (Å²) in [5.74, 6) is 2.48. The van der Waals surface area contributed by atoms with E-state index >= 15 is 0 Å². The van der Waals surface area contributed by atoms with Crippen LogP contribution in [0.2, 0.25) is 0 Å². The molecule has 0 aromatic carbocycles. The Morgan fingerprint density at radius 2 is 1.96 bits per heavy atom. The largest absolute Gasteiger partial charge is 0.286 e. The second kappa shape index (κ2) is 8.08. The van der Waals surface area contributed by atoms with Crippen LogP contribution in [0.3, 0.4) is 0 Å². The van der Waals surface area contributed by atoms with Crippen molar-refractivity contribution in [3.63, 3.8) is 0 Å². The third-order valence-electron chi connectivity index (χ3n) is 6.08. The third-order valence-corrected chi connectivity index (χ3v) is 7.40. The molecule has 2 nitrogen and oxygen atoms in total. The molecule has 2 aliphatic carbocycles. The minimum atomic E-state index is -0.000808. The van der Waals surface area contributed by atoms with Gasteiger partial charge in [-0.3, -0.25) is 5.32 Å². The van der Waals surface area contributed by atoms with E-state index < -0.39 is 0 Å². The van der Waals surface area contributed by atoms with Gasteiger partial charge in [-0.05, 0) is 43.9 Å². The van der Waals surface area contributed by atoms with Gasteiger partial charge in [0.1, 0.15) is 5.37 Å². The molecule has 128 valence electrons. The second-order valence-corrected chi connectivity index (χ2v) is 9.44. The number of nitriles is 1. The molecule has 0 spiro atoms. The predicted octanol–water partition coefficient (Wildman–Crippen LogP) is 5.26. The molecule has 0 aromatic rings. The molecule has 1 aliphatic heterocycles. The molecule has 0 amide bonds. The number of allylic oxidation sites excluding steroid dienone is 1. The zero-order valence-electron chi connectivity index (χ0n) is 14.8. The van der Waals surface area contributed by atoms with E-state index in [1.165, 1.54) is 57.8 Å². The molecule has 1 saturated carbocycles. The Morgan fingerprint density at radius 3 is 2.74 bits per heavy atom. The van der Waals surface area contributed by atoms with Crippen molar-refractivity contribution < 1.29 is 0 Å². The number of fused-ring (bicyclic) bond motifs is 2. The van der Waals surface area contributed by atoms with Crippen LogP contribution in [0.4, 0.5) is 0 Å². The summed E-state index contributed by atoms with van der Waals surface area (Å²) >= 11 is 1.89. The summed E-state index contributed by atoms with van der Waals surface area (Å²) in [4.78, 5) is 0. The molecule has 3 heteroatoms. The van der Waals surface area contributed by atoms with Crippen LogP contribution in [-0.4, -0.2) is 16.7 Å². The molecular weight excluding hydrogens is 300 g/mol. The molecule has 23 heavy (non-hydrogen) atoms. The molecule has 1 heterocycles. The van der Waals surface area contributed by atoms with E-state index in [9.17, 15) is 5.26 Å². The highest BCUT2D eigenvalue weighted by molar-refractivity contribution is 8.00. The molecule has 2 fully saturated rings. The quantitative estimate of drug-likeness (QED) is 0.665. The first-order valence-electron chi connectivity index (χ1n) is 9.70. The molecule has 1 saturated heterocycles. The van der Waals surface area contributed by atoms with E-state index in [1.807, 2.05) is 11.8 Å². The van der Waals surface area contributed by atoms with Crippen molar-refractivity contribution in [2.24, 2.45) is 17.8 Å². The Morgan fingerprint density at radius 1 is 1.17 bits per heavy atom. The predicted molar refractivity (Wildman–Crippen MR) is 99.2 cm³/mol. The first-order chi connectivity index (χ1) is 11.2. The van der Waals surface area contributed by atoms with Gasteiger partial charge in [-0.1, -0.05) is 51.2 Å². The van der Waals surface area contributed by atoms with Crippen LogP contribution in [0.25, 0.3) is 0 Å². The zero-order valence-corrected chi connectivity index (χ0v) is 15.6. The molecule has 3 rings (SSSR count). The summed E-state index contributed by atoms with van der Waals surface area (Å²) in [5.41, 5.74) is 1.62. The van der Waals surface area contributed by atoms with Crippen LogP contribution < -0.4 is 5.32 Å². The van der Waals surface area contributed by atoms with Gasteiger partial charge >= 0.3 is 0 Å². The lowest BCUT2D eigenvalue weighted by molar-refractivity contribution is 0.318. The van der Waals surface area contributed by atoms with Gasteiger partial charge in [-0.15, -0.1) is 11.8 Å². The van der Waals surface area contributed by atoms with E-state index in [2.05, 4.69) is 31.3 Å². The average Bonchev–Trinajstić information content (AvgIpc) is 3.20. The van der Waals surface area contributed by atoms with Gasteiger partial charge in [0.25, 0.3) is 0 Å². The number of rotatable bonds is 1. The maximum absolute atomic E-state index is 9.38. The van der Waals surface area contributed by atoms with Gasteiger partial charge in [-0.25, -0.2) is 0 Å². The summed E-state index contributed by atoms with van der Waals surface area (Å²) in [5, 5.41) is 13.6. The van der Waals surface area contributed by atoms with Gasteiger partial charge in [0.15, 0.2) is 0 Å². The van der Waals surface area contributed by atoms with Crippen molar-refractivity contribution in [3.05, 3.63) is 11.6 Å². The first kappa shape index (κ1) is 17.4. The highest BCUT2D eigenvalue weighted by Gasteiger charge is 2.48. The number of nitrogens with one attached hydrogen (secondary N) is 1. The fourth-order valence-electron chi connectivity index (χ4n) is 4.50. The van der Waals surface area contributed by atoms with Crippen LogP contribution in [0, 0.1) is 29.1 Å². The Kier molecular flexibility index (Phi) is 6.10. The van der Waals surface area contributed by atoms with Crippen molar-refractivity contribution >= 4 is 11.8 Å². The molecule has 0 radical (unpaired) electrons. The fraction of sp³-hybridized carbons (Fsp3) is 0.850. The molecule has 2 bridgehead atoms. The van der Waals surface area contributed by atoms with Crippen molar-refractivity contribution in [2.45, 2.75) is 88.3 Å². The van der Waals surface area contributed by atoms with E-state index in [4.69, 9.17) is 0 Å². The first-order valence-corrected chi connectivity index (χ1v) is 10.6. The number of thioether (sulfide) groups is 1. The molecular formula is C20H32N2S. The van der Waals surface area contributed by atoms with Crippen LogP contribution in [0.1, 0.15) is 71.6 Å². The number of nitrogens with zero attached hydrogens (tertiary/aromatic N) is 1. The lowest BCUT2D eigenvalue weighted by Crippen LogP contribution is -2.27.